The van der Waals surface area contributed by atoms with Gasteiger partial charge in [0.25, 0.3) is 0 Å². The van der Waals surface area contributed by atoms with Gasteiger partial charge >= 0.3 is 0 Å². The number of halogens is 2. The minimum Gasteiger partial charge on any atom is -0.394 e. The van der Waals surface area contributed by atoms with E-state index in [4.69, 9.17) is 33.0 Å². The van der Waals surface area contributed by atoms with Gasteiger partial charge in [0.1, 0.15) is 0 Å². The Morgan fingerprint density at radius 3 is 2.55 bits per heavy atom. The minimum atomic E-state index is 0.0204. The molecule has 2 aromatic carbocycles. The Balaban J connectivity index is 1.99. The molecule has 1 N–H and O–H groups in total. The number of aliphatic hydroxyl groups is 1. The van der Waals surface area contributed by atoms with Crippen LogP contribution < -0.4 is 0 Å². The Morgan fingerprint density at radius 1 is 1.00 bits per heavy atom. The van der Waals surface area contributed by atoms with Crippen LogP contribution in [0.25, 0.3) is 11.1 Å². The fourth-order valence-corrected chi connectivity index (χ4v) is 3.22. The van der Waals surface area contributed by atoms with Gasteiger partial charge in [-0.3, -0.25) is 4.99 Å². The molecule has 0 unspecified atom stereocenters. The number of rotatable bonds is 5. The first kappa shape index (κ1) is 15.5. The summed E-state index contributed by atoms with van der Waals surface area (Å²) in [5.41, 5.74) is 4.97. The molecule has 2 aromatic rings. The van der Waals surface area contributed by atoms with Gasteiger partial charge in [-0.1, -0.05) is 47.5 Å². The summed E-state index contributed by atoms with van der Waals surface area (Å²) in [6, 6.07) is 11.7. The van der Waals surface area contributed by atoms with Gasteiger partial charge in [-0.15, -0.1) is 0 Å². The van der Waals surface area contributed by atoms with Crippen molar-refractivity contribution in [1.29, 1.82) is 0 Å². The molecule has 1 aliphatic rings. The Morgan fingerprint density at radius 2 is 1.77 bits per heavy atom. The molecule has 3 rings (SSSR count). The maximum absolute atomic E-state index is 8.71. The van der Waals surface area contributed by atoms with E-state index in [-0.39, 0.29) is 6.61 Å². The van der Waals surface area contributed by atoms with Gasteiger partial charge in [0.05, 0.1) is 37.1 Å². The number of hydrogen-bond acceptors (Lipinski definition) is 3. The molecule has 0 radical (unpaired) electrons. The van der Waals surface area contributed by atoms with Crippen LogP contribution in [0.2, 0.25) is 10.0 Å². The third-order valence-electron chi connectivity index (χ3n) is 3.51. The lowest BCUT2D eigenvalue weighted by molar-refractivity contribution is 0.0978. The van der Waals surface area contributed by atoms with Crippen LogP contribution in [0.1, 0.15) is 11.1 Å². The average molecular weight is 336 g/mol. The number of aliphatic hydroxyl groups excluding tert-OH is 1. The molecule has 0 heterocycles. The van der Waals surface area contributed by atoms with Gasteiger partial charge < -0.3 is 9.84 Å². The molecule has 0 bridgehead atoms. The first-order valence-corrected chi connectivity index (χ1v) is 7.80. The van der Waals surface area contributed by atoms with E-state index in [1.54, 1.807) is 6.07 Å². The van der Waals surface area contributed by atoms with E-state index < -0.39 is 0 Å². The predicted molar refractivity (Wildman–Crippen MR) is 90.3 cm³/mol. The molecule has 3 nitrogen and oxygen atoms in total. The highest BCUT2D eigenvalue weighted by molar-refractivity contribution is 6.41. The second-order valence-electron chi connectivity index (χ2n) is 4.92. The van der Waals surface area contributed by atoms with E-state index in [0.29, 0.717) is 29.8 Å². The van der Waals surface area contributed by atoms with E-state index in [2.05, 4.69) is 4.99 Å². The topological polar surface area (TPSA) is 41.8 Å². The Kier molecular flexibility index (Phi) is 4.79. The van der Waals surface area contributed by atoms with Crippen molar-refractivity contribution in [2.24, 2.45) is 4.99 Å². The highest BCUT2D eigenvalue weighted by Crippen LogP contribution is 2.42. The summed E-state index contributed by atoms with van der Waals surface area (Å²) in [5, 5.41) is 9.93. The summed E-state index contributed by atoms with van der Waals surface area (Å²) in [5.74, 6) is 0. The second-order valence-corrected chi connectivity index (χ2v) is 5.77. The molecule has 0 saturated heterocycles. The van der Waals surface area contributed by atoms with E-state index >= 15 is 0 Å². The van der Waals surface area contributed by atoms with Crippen LogP contribution >= 0.6 is 23.2 Å². The van der Waals surface area contributed by atoms with Crippen molar-refractivity contribution in [2.75, 3.05) is 26.4 Å². The lowest BCUT2D eigenvalue weighted by Gasteiger charge is -2.06. The van der Waals surface area contributed by atoms with Gasteiger partial charge in [0.15, 0.2) is 0 Å². The maximum atomic E-state index is 8.71. The van der Waals surface area contributed by atoms with Gasteiger partial charge in [-0.2, -0.15) is 0 Å². The lowest BCUT2D eigenvalue weighted by atomic mass is 10.1. The van der Waals surface area contributed by atoms with Crippen LogP contribution in [0.4, 0.5) is 0 Å². The monoisotopic (exact) mass is 335 g/mol. The summed E-state index contributed by atoms with van der Waals surface area (Å²) >= 11 is 12.5. The number of aliphatic imine (C=N–C) groups is 1. The van der Waals surface area contributed by atoms with Gasteiger partial charge in [0.2, 0.25) is 0 Å². The summed E-state index contributed by atoms with van der Waals surface area (Å²) < 4.78 is 5.26. The molecule has 22 heavy (non-hydrogen) atoms. The maximum Gasteiger partial charge on any atom is 0.0747 e. The highest BCUT2D eigenvalue weighted by atomic mass is 35.5. The molecule has 0 spiro atoms. The van der Waals surface area contributed by atoms with Crippen LogP contribution in [0.3, 0.4) is 0 Å². The van der Waals surface area contributed by atoms with Crippen molar-refractivity contribution in [3.8, 4) is 11.1 Å². The van der Waals surface area contributed by atoms with Crippen molar-refractivity contribution in [2.45, 2.75) is 0 Å². The zero-order chi connectivity index (χ0) is 15.5. The molecule has 114 valence electrons. The van der Waals surface area contributed by atoms with Crippen LogP contribution in [0.5, 0.6) is 0 Å². The van der Waals surface area contributed by atoms with E-state index in [9.17, 15) is 0 Å². The number of ether oxygens (including phenoxy) is 1. The van der Waals surface area contributed by atoms with E-state index in [1.807, 2.05) is 30.3 Å². The number of nitrogens with zero attached hydrogens (tertiary/aromatic N) is 1. The molecule has 1 aliphatic carbocycles. The predicted octanol–water partition coefficient (Wildman–Crippen LogP) is 3.82. The Bertz CT molecular complexity index is 729. The lowest BCUT2D eigenvalue weighted by Crippen LogP contribution is -2.06. The largest absolute Gasteiger partial charge is 0.394 e. The van der Waals surface area contributed by atoms with E-state index in [0.717, 1.165) is 28.0 Å². The van der Waals surface area contributed by atoms with Gasteiger partial charge in [-0.05, 0) is 23.3 Å². The summed E-state index contributed by atoms with van der Waals surface area (Å²) in [4.78, 5) is 4.65. The fourth-order valence-electron chi connectivity index (χ4n) is 2.64. The third kappa shape index (κ3) is 2.90. The average Bonchev–Trinajstić information content (AvgIpc) is 2.82. The molecule has 0 saturated carbocycles. The van der Waals surface area contributed by atoms with Crippen molar-refractivity contribution in [1.82, 2.24) is 0 Å². The minimum absolute atomic E-state index is 0.0204. The zero-order valence-corrected chi connectivity index (χ0v) is 13.4. The van der Waals surface area contributed by atoms with Crippen molar-refractivity contribution < 1.29 is 9.84 Å². The molecule has 0 fully saturated rings. The number of fused-ring (bicyclic) bond motifs is 3. The summed E-state index contributed by atoms with van der Waals surface area (Å²) in [7, 11) is 0. The van der Waals surface area contributed by atoms with E-state index in [1.165, 1.54) is 0 Å². The van der Waals surface area contributed by atoms with Crippen LogP contribution in [-0.2, 0) is 4.74 Å². The zero-order valence-electron chi connectivity index (χ0n) is 11.9. The SMILES string of the molecule is OCCOCCN=C1c2ccccc2-c2cc(Cl)cc(Cl)c21. The number of hydrogen-bond donors (Lipinski definition) is 1. The fraction of sp³-hybridized carbons (Fsp3) is 0.235. The molecule has 0 atom stereocenters. The quantitative estimate of drug-likeness (QED) is 0.720. The normalized spacial score (nSPS) is 14.2. The third-order valence-corrected chi connectivity index (χ3v) is 4.02. The van der Waals surface area contributed by atoms with Gasteiger partial charge in [-0.25, -0.2) is 0 Å². The molecule has 0 amide bonds. The molecule has 0 aliphatic heterocycles. The van der Waals surface area contributed by atoms with Crippen LogP contribution in [0, 0.1) is 0 Å². The second kappa shape index (κ2) is 6.80. The Labute approximate surface area is 139 Å². The molecular formula is C17H15Cl2NO2. The van der Waals surface area contributed by atoms with Crippen LogP contribution in [-0.4, -0.2) is 37.2 Å². The van der Waals surface area contributed by atoms with Crippen LogP contribution in [0.15, 0.2) is 41.4 Å². The molecule has 0 aromatic heterocycles. The number of benzene rings is 2. The Hall–Kier alpha value is -1.39. The smallest absolute Gasteiger partial charge is 0.0747 e. The summed E-state index contributed by atoms with van der Waals surface area (Å²) in [6.45, 7) is 1.33. The summed E-state index contributed by atoms with van der Waals surface area (Å²) in [6.07, 6.45) is 0. The standard InChI is InChI=1S/C17H15Cl2NO2/c18-11-9-14-12-3-1-2-4-13(12)17(16(14)15(19)10-11)20-5-7-22-8-6-21/h1-4,9-10,21H,5-8H2. The first-order valence-electron chi connectivity index (χ1n) is 7.04. The van der Waals surface area contributed by atoms with Crippen molar-refractivity contribution in [3.63, 3.8) is 0 Å². The highest BCUT2D eigenvalue weighted by Gasteiger charge is 2.27. The first-order chi connectivity index (χ1) is 10.7. The van der Waals surface area contributed by atoms with Crippen molar-refractivity contribution in [3.05, 3.63) is 57.6 Å². The molecule has 5 heteroatoms. The van der Waals surface area contributed by atoms with Gasteiger partial charge in [0, 0.05) is 16.1 Å². The van der Waals surface area contributed by atoms with Crippen molar-refractivity contribution >= 4 is 28.9 Å². The molecular weight excluding hydrogens is 321 g/mol.